The predicted octanol–water partition coefficient (Wildman–Crippen LogP) is 2.20. The highest BCUT2D eigenvalue weighted by Gasteiger charge is 2.51. The number of sulfonamides is 1. The van der Waals surface area contributed by atoms with Gasteiger partial charge in [-0.3, -0.25) is 0 Å². The fourth-order valence-electron chi connectivity index (χ4n) is 3.55. The third kappa shape index (κ3) is 6.30. The SMILES string of the molecule is COc1ccc(S(=O)(=O)N2CC3(CCC(CN(C)C)CO3)C2)cc1F.O=C(O)C(F)(F)F. The van der Waals surface area contributed by atoms with E-state index in [1.54, 1.807) is 0 Å². The Bertz CT molecular complexity index is 907. The third-order valence-electron chi connectivity index (χ3n) is 5.19. The summed E-state index contributed by atoms with van der Waals surface area (Å²) in [7, 11) is 1.71. The smallest absolute Gasteiger partial charge is 0.490 e. The van der Waals surface area contributed by atoms with E-state index in [-0.39, 0.29) is 16.2 Å². The van der Waals surface area contributed by atoms with E-state index in [0.717, 1.165) is 25.5 Å². The predicted molar refractivity (Wildman–Crippen MR) is 105 cm³/mol. The lowest BCUT2D eigenvalue weighted by atomic mass is 9.84. The Morgan fingerprint density at radius 1 is 1.34 bits per heavy atom. The number of ether oxygens (including phenoxy) is 2. The second kappa shape index (κ2) is 9.89. The van der Waals surface area contributed by atoms with Crippen molar-refractivity contribution in [3.8, 4) is 5.75 Å². The average Bonchev–Trinajstić information content (AvgIpc) is 2.66. The molecule has 1 unspecified atom stereocenters. The standard InChI is InChI=1S/C17H25FN2O4S.C2HF3O2/c1-19(2)9-13-6-7-17(24-10-13)11-20(12-17)25(21,22)14-4-5-16(23-3)15(18)8-14;3-2(4,5)1(6)7/h4-5,8,13H,6-7,9-12H2,1-3H3;(H,6,7). The van der Waals surface area contributed by atoms with E-state index < -0.39 is 28.0 Å². The first-order chi connectivity index (χ1) is 14.7. The minimum absolute atomic E-state index is 0.0292. The molecule has 32 heavy (non-hydrogen) atoms. The lowest BCUT2D eigenvalue weighted by Gasteiger charge is -2.52. The molecule has 0 aliphatic carbocycles. The van der Waals surface area contributed by atoms with Crippen LogP contribution >= 0.6 is 0 Å². The number of halogens is 4. The summed E-state index contributed by atoms with van der Waals surface area (Å²) in [6.07, 6.45) is -3.20. The highest BCUT2D eigenvalue weighted by molar-refractivity contribution is 7.89. The molecular formula is C19H26F4N2O6S. The first-order valence-corrected chi connectivity index (χ1v) is 11.1. The largest absolute Gasteiger partial charge is 0.494 e. The van der Waals surface area contributed by atoms with E-state index in [4.69, 9.17) is 19.4 Å². The van der Waals surface area contributed by atoms with Crippen molar-refractivity contribution in [1.29, 1.82) is 0 Å². The van der Waals surface area contributed by atoms with Crippen LogP contribution in [0.15, 0.2) is 23.1 Å². The molecule has 0 aromatic heterocycles. The van der Waals surface area contributed by atoms with Crippen molar-refractivity contribution in [2.75, 3.05) is 47.4 Å². The van der Waals surface area contributed by atoms with Gasteiger partial charge in [0.05, 0.1) is 24.2 Å². The van der Waals surface area contributed by atoms with Crippen molar-refractivity contribution in [3.63, 3.8) is 0 Å². The van der Waals surface area contributed by atoms with E-state index in [2.05, 4.69) is 4.90 Å². The van der Waals surface area contributed by atoms with E-state index in [9.17, 15) is 26.0 Å². The number of hydrogen-bond acceptors (Lipinski definition) is 6. The number of aliphatic carboxylic acids is 1. The van der Waals surface area contributed by atoms with E-state index >= 15 is 0 Å². The molecule has 1 aromatic rings. The van der Waals surface area contributed by atoms with Crippen LogP contribution in [0, 0.1) is 11.7 Å². The monoisotopic (exact) mass is 486 g/mol. The van der Waals surface area contributed by atoms with Crippen molar-refractivity contribution in [1.82, 2.24) is 9.21 Å². The molecule has 1 spiro atoms. The zero-order chi connectivity index (χ0) is 24.3. The minimum Gasteiger partial charge on any atom is -0.494 e. The molecule has 2 heterocycles. The van der Waals surface area contributed by atoms with Crippen LogP contribution in [0.1, 0.15) is 12.8 Å². The molecule has 1 N–H and O–H groups in total. The highest BCUT2D eigenvalue weighted by Crippen LogP contribution is 2.39. The van der Waals surface area contributed by atoms with Gasteiger partial charge in [-0.05, 0) is 51.1 Å². The molecule has 0 saturated carbocycles. The van der Waals surface area contributed by atoms with Gasteiger partial charge in [-0.15, -0.1) is 0 Å². The average molecular weight is 486 g/mol. The van der Waals surface area contributed by atoms with Gasteiger partial charge in [0.15, 0.2) is 11.6 Å². The second-order valence-corrected chi connectivity index (χ2v) is 9.97. The summed E-state index contributed by atoms with van der Waals surface area (Å²) in [5.41, 5.74) is -0.374. The number of carbonyl (C=O) groups is 1. The van der Waals surface area contributed by atoms with Crippen LogP contribution in [0.4, 0.5) is 17.6 Å². The molecule has 2 aliphatic heterocycles. The molecular weight excluding hydrogens is 460 g/mol. The normalized spacial score (nSPS) is 20.9. The summed E-state index contributed by atoms with van der Waals surface area (Å²) in [4.78, 5) is 11.0. The Hall–Kier alpha value is -1.96. The van der Waals surface area contributed by atoms with Crippen LogP contribution in [0.2, 0.25) is 0 Å². The van der Waals surface area contributed by atoms with Crippen molar-refractivity contribution in [2.24, 2.45) is 5.92 Å². The molecule has 13 heteroatoms. The maximum absolute atomic E-state index is 13.8. The Morgan fingerprint density at radius 2 is 1.94 bits per heavy atom. The molecule has 2 fully saturated rings. The van der Waals surface area contributed by atoms with E-state index in [0.29, 0.717) is 25.6 Å². The summed E-state index contributed by atoms with van der Waals surface area (Å²) in [5, 5.41) is 7.12. The van der Waals surface area contributed by atoms with Crippen LogP contribution in [0.25, 0.3) is 0 Å². The molecule has 0 bridgehead atoms. The fraction of sp³-hybridized carbons (Fsp3) is 0.632. The number of carboxylic acid groups (broad SMARTS) is 1. The zero-order valence-electron chi connectivity index (χ0n) is 17.9. The van der Waals surface area contributed by atoms with Crippen molar-refractivity contribution in [3.05, 3.63) is 24.0 Å². The summed E-state index contributed by atoms with van der Waals surface area (Å²) >= 11 is 0. The van der Waals surface area contributed by atoms with Gasteiger partial charge in [-0.1, -0.05) is 0 Å². The Balaban J connectivity index is 0.000000451. The number of carboxylic acids is 1. The van der Waals surface area contributed by atoms with E-state index in [1.165, 1.54) is 23.5 Å². The molecule has 0 amide bonds. The second-order valence-electron chi connectivity index (χ2n) is 8.03. The molecule has 3 rings (SSSR count). The number of nitrogens with zero attached hydrogens (tertiary/aromatic N) is 2. The number of hydrogen-bond donors (Lipinski definition) is 1. The van der Waals surface area contributed by atoms with Crippen molar-refractivity contribution >= 4 is 16.0 Å². The first kappa shape index (κ1) is 26.3. The Labute approximate surface area is 183 Å². The number of rotatable bonds is 5. The van der Waals surface area contributed by atoms with Gasteiger partial charge in [-0.25, -0.2) is 17.6 Å². The van der Waals surface area contributed by atoms with Gasteiger partial charge in [0.1, 0.15) is 0 Å². The summed E-state index contributed by atoms with van der Waals surface area (Å²) < 4.78 is 83.1. The molecule has 2 saturated heterocycles. The van der Waals surface area contributed by atoms with Gasteiger partial charge in [-0.2, -0.15) is 17.5 Å². The fourth-order valence-corrected chi connectivity index (χ4v) is 5.15. The third-order valence-corrected chi connectivity index (χ3v) is 6.98. The van der Waals surface area contributed by atoms with Gasteiger partial charge in [0.25, 0.3) is 0 Å². The number of methoxy groups -OCH3 is 1. The topological polar surface area (TPSA) is 96.4 Å². The quantitative estimate of drug-likeness (QED) is 0.638. The van der Waals surface area contributed by atoms with Crippen LogP contribution in [-0.4, -0.2) is 87.9 Å². The summed E-state index contributed by atoms with van der Waals surface area (Å²) in [5.74, 6) is -2.92. The molecule has 0 radical (unpaired) electrons. The number of benzene rings is 1. The Morgan fingerprint density at radius 3 is 2.34 bits per heavy atom. The first-order valence-electron chi connectivity index (χ1n) is 9.63. The molecule has 2 aliphatic rings. The van der Waals surface area contributed by atoms with Crippen molar-refractivity contribution in [2.45, 2.75) is 29.5 Å². The van der Waals surface area contributed by atoms with Crippen LogP contribution < -0.4 is 4.74 Å². The molecule has 182 valence electrons. The van der Waals surface area contributed by atoms with Gasteiger partial charge < -0.3 is 19.5 Å². The summed E-state index contributed by atoms with van der Waals surface area (Å²) in [6, 6.07) is 3.71. The lowest BCUT2D eigenvalue weighted by molar-refractivity contribution is -0.192. The maximum atomic E-state index is 13.8. The lowest BCUT2D eigenvalue weighted by Crippen LogP contribution is -2.66. The van der Waals surface area contributed by atoms with Crippen LogP contribution in [0.5, 0.6) is 5.75 Å². The van der Waals surface area contributed by atoms with Gasteiger partial charge >= 0.3 is 12.1 Å². The molecule has 8 nitrogen and oxygen atoms in total. The molecule has 1 atom stereocenters. The molecule has 1 aromatic carbocycles. The summed E-state index contributed by atoms with van der Waals surface area (Å²) in [6.45, 7) is 2.29. The Kier molecular flexibility index (Phi) is 8.13. The van der Waals surface area contributed by atoms with Crippen LogP contribution in [-0.2, 0) is 19.6 Å². The highest BCUT2D eigenvalue weighted by atomic mass is 32.2. The minimum atomic E-state index is -5.08. The van der Waals surface area contributed by atoms with Crippen LogP contribution in [0.3, 0.4) is 0 Å². The van der Waals surface area contributed by atoms with Gasteiger partial charge in [0.2, 0.25) is 10.0 Å². The van der Waals surface area contributed by atoms with E-state index in [1.807, 2.05) is 14.1 Å². The van der Waals surface area contributed by atoms with Crippen molar-refractivity contribution < 1.29 is 45.4 Å². The van der Waals surface area contributed by atoms with Gasteiger partial charge in [0, 0.05) is 19.6 Å². The zero-order valence-corrected chi connectivity index (χ0v) is 18.7. The maximum Gasteiger partial charge on any atom is 0.490 e. The number of alkyl halides is 3.